The van der Waals surface area contributed by atoms with E-state index in [1.807, 2.05) is 69.0 Å². The molecule has 296 valence electrons. The zero-order valence-corrected chi connectivity index (χ0v) is 34.7. The summed E-state index contributed by atoms with van der Waals surface area (Å²) in [7, 11) is 0. The van der Waals surface area contributed by atoms with Crippen molar-refractivity contribution in [3.8, 4) is 0 Å². The first-order chi connectivity index (χ1) is 25.6. The summed E-state index contributed by atoms with van der Waals surface area (Å²) in [6.45, 7) is 19.9. The number of hydrogen-bond acceptors (Lipinski definition) is 5. The SMILES string of the molecule is CC(C)N(C(=O)c1ccc2c(c1)N(CCN)C(=O)C2(C)C)C1CCCCC1.CCCN1C(=O)C(C)(C)c2ccc(C(=O)N(C(C)C)C3CCCCC3)cc21. The van der Waals surface area contributed by atoms with Crippen LogP contribution in [0.2, 0.25) is 0 Å². The normalized spacial score (nSPS) is 19.5. The van der Waals surface area contributed by atoms with Gasteiger partial charge >= 0.3 is 0 Å². The summed E-state index contributed by atoms with van der Waals surface area (Å²) in [6, 6.07) is 12.6. The average molecular weight is 742 g/mol. The Bertz CT molecular complexity index is 1560. The van der Waals surface area contributed by atoms with E-state index in [1.54, 1.807) is 4.90 Å². The molecule has 2 aliphatic carbocycles. The summed E-state index contributed by atoms with van der Waals surface area (Å²) in [6.07, 6.45) is 12.6. The third kappa shape index (κ3) is 7.98. The topological polar surface area (TPSA) is 107 Å². The molecule has 2 heterocycles. The van der Waals surface area contributed by atoms with Crippen LogP contribution in [0.5, 0.6) is 0 Å². The fourth-order valence-electron chi connectivity index (χ4n) is 9.41. The van der Waals surface area contributed by atoms with E-state index in [0.29, 0.717) is 42.8 Å². The minimum atomic E-state index is -0.576. The summed E-state index contributed by atoms with van der Waals surface area (Å²) >= 11 is 0. The molecule has 0 bridgehead atoms. The Hall–Kier alpha value is -3.72. The molecule has 9 nitrogen and oxygen atoms in total. The Morgan fingerprint density at radius 1 is 0.667 bits per heavy atom. The van der Waals surface area contributed by atoms with Crippen LogP contribution in [0.15, 0.2) is 36.4 Å². The van der Waals surface area contributed by atoms with Crippen molar-refractivity contribution < 1.29 is 19.2 Å². The molecule has 0 unspecified atom stereocenters. The Morgan fingerprint density at radius 2 is 1.04 bits per heavy atom. The molecule has 2 aromatic carbocycles. The van der Waals surface area contributed by atoms with Crippen molar-refractivity contribution in [1.29, 1.82) is 0 Å². The first kappa shape index (κ1) is 41.4. The van der Waals surface area contributed by atoms with E-state index in [4.69, 9.17) is 5.73 Å². The van der Waals surface area contributed by atoms with E-state index in [2.05, 4.69) is 44.4 Å². The molecule has 54 heavy (non-hydrogen) atoms. The number of amides is 4. The van der Waals surface area contributed by atoms with Crippen LogP contribution >= 0.6 is 0 Å². The Balaban J connectivity index is 0.000000208. The molecule has 0 spiro atoms. The Labute approximate surface area is 325 Å². The predicted molar refractivity (Wildman–Crippen MR) is 219 cm³/mol. The second kappa shape index (κ2) is 17.0. The van der Waals surface area contributed by atoms with E-state index in [9.17, 15) is 19.2 Å². The lowest BCUT2D eigenvalue weighted by Gasteiger charge is -2.37. The second-order valence-corrected chi connectivity index (χ2v) is 17.6. The van der Waals surface area contributed by atoms with Gasteiger partial charge in [0.1, 0.15) is 0 Å². The zero-order chi connectivity index (χ0) is 39.5. The van der Waals surface area contributed by atoms with Gasteiger partial charge in [0.2, 0.25) is 11.8 Å². The molecule has 0 aromatic heterocycles. The molecule has 0 saturated heterocycles. The number of carbonyl (C=O) groups is 4. The summed E-state index contributed by atoms with van der Waals surface area (Å²) in [5.74, 6) is 0.371. The van der Waals surface area contributed by atoms with E-state index in [0.717, 1.165) is 54.6 Å². The molecule has 9 heteroatoms. The van der Waals surface area contributed by atoms with Gasteiger partial charge in [0, 0.05) is 66.3 Å². The molecule has 2 aromatic rings. The van der Waals surface area contributed by atoms with Crippen molar-refractivity contribution in [2.75, 3.05) is 29.4 Å². The summed E-state index contributed by atoms with van der Waals surface area (Å²) in [4.78, 5) is 60.2. The third-order valence-electron chi connectivity index (χ3n) is 12.3. The standard InChI is InChI=1S/C23H34N2O2.C22H33N3O2/c1-6-14-24-20-15-17(12-13-19(20)23(4,5)22(24)27)21(26)25(16(2)3)18-10-8-7-9-11-18;1-15(2)25(17-8-6-5-7-9-17)20(26)16-10-11-18-19(14-16)24(13-12-23)21(27)22(18,3)4/h12-13,15-16,18H,6-11,14H2,1-5H3;10-11,14-15,17H,5-9,12-13,23H2,1-4H3. The van der Waals surface area contributed by atoms with Crippen molar-refractivity contribution in [1.82, 2.24) is 9.80 Å². The van der Waals surface area contributed by atoms with Crippen molar-refractivity contribution in [3.05, 3.63) is 58.7 Å². The third-order valence-corrected chi connectivity index (χ3v) is 12.3. The van der Waals surface area contributed by atoms with Gasteiger partial charge in [-0.15, -0.1) is 0 Å². The smallest absolute Gasteiger partial charge is 0.254 e. The van der Waals surface area contributed by atoms with Crippen LogP contribution in [0, 0.1) is 0 Å². The van der Waals surface area contributed by atoms with Gasteiger partial charge in [-0.25, -0.2) is 0 Å². The highest BCUT2D eigenvalue weighted by Crippen LogP contribution is 2.43. The second-order valence-electron chi connectivity index (χ2n) is 17.6. The van der Waals surface area contributed by atoms with Crippen LogP contribution in [0.4, 0.5) is 11.4 Å². The fourth-order valence-corrected chi connectivity index (χ4v) is 9.41. The lowest BCUT2D eigenvalue weighted by atomic mass is 9.85. The summed E-state index contributed by atoms with van der Waals surface area (Å²) < 4.78 is 0. The predicted octanol–water partition coefficient (Wildman–Crippen LogP) is 8.36. The minimum Gasteiger partial charge on any atom is -0.333 e. The summed E-state index contributed by atoms with van der Waals surface area (Å²) in [5.41, 5.74) is 9.78. The van der Waals surface area contributed by atoms with Crippen LogP contribution in [0.3, 0.4) is 0 Å². The summed E-state index contributed by atoms with van der Waals surface area (Å²) in [5, 5.41) is 0. The van der Waals surface area contributed by atoms with Crippen LogP contribution < -0.4 is 15.5 Å². The van der Waals surface area contributed by atoms with Gasteiger partial charge in [-0.05, 0) is 123 Å². The number of nitrogens with two attached hydrogens (primary N) is 1. The van der Waals surface area contributed by atoms with Gasteiger partial charge in [-0.2, -0.15) is 0 Å². The first-order valence-corrected chi connectivity index (χ1v) is 20.9. The molecule has 4 amide bonds. The number of nitrogens with zero attached hydrogens (tertiary/aromatic N) is 4. The Kier molecular flexibility index (Phi) is 13.0. The quantitative estimate of drug-likeness (QED) is 0.264. The number of fused-ring (bicyclic) bond motifs is 2. The fraction of sp³-hybridized carbons (Fsp3) is 0.644. The van der Waals surface area contributed by atoms with Gasteiger partial charge in [0.25, 0.3) is 11.8 Å². The van der Waals surface area contributed by atoms with Gasteiger partial charge in [-0.1, -0.05) is 57.6 Å². The molecule has 2 aliphatic heterocycles. The van der Waals surface area contributed by atoms with Crippen LogP contribution in [0.1, 0.15) is 165 Å². The number of carbonyl (C=O) groups excluding carboxylic acids is 4. The highest BCUT2D eigenvalue weighted by atomic mass is 16.2. The lowest BCUT2D eigenvalue weighted by Crippen LogP contribution is -2.45. The highest BCUT2D eigenvalue weighted by molar-refractivity contribution is 6.10. The average Bonchev–Trinajstić information content (AvgIpc) is 3.46. The zero-order valence-electron chi connectivity index (χ0n) is 34.7. The maximum atomic E-state index is 13.4. The number of hydrogen-bond donors (Lipinski definition) is 1. The molecular weight excluding hydrogens is 675 g/mol. The number of anilines is 2. The van der Waals surface area contributed by atoms with Crippen molar-refractivity contribution in [2.45, 2.75) is 168 Å². The minimum absolute atomic E-state index is 0.0561. The molecule has 6 rings (SSSR count). The molecule has 0 radical (unpaired) electrons. The van der Waals surface area contributed by atoms with E-state index in [-0.39, 0.29) is 35.7 Å². The first-order valence-electron chi connectivity index (χ1n) is 20.9. The number of rotatable bonds is 10. The van der Waals surface area contributed by atoms with Gasteiger partial charge in [0.05, 0.1) is 10.8 Å². The van der Waals surface area contributed by atoms with Crippen molar-refractivity contribution in [2.24, 2.45) is 5.73 Å². The van der Waals surface area contributed by atoms with Crippen molar-refractivity contribution >= 4 is 35.0 Å². The molecular formula is C45H67N5O4. The molecule has 0 atom stereocenters. The Morgan fingerprint density at radius 3 is 1.37 bits per heavy atom. The van der Waals surface area contributed by atoms with Crippen LogP contribution in [-0.2, 0) is 20.4 Å². The van der Waals surface area contributed by atoms with Gasteiger partial charge in [-0.3, -0.25) is 19.2 Å². The highest BCUT2D eigenvalue weighted by Gasteiger charge is 2.45. The maximum Gasteiger partial charge on any atom is 0.254 e. The molecule has 2 N–H and O–H groups in total. The molecule has 4 aliphatic rings. The van der Waals surface area contributed by atoms with E-state index < -0.39 is 10.8 Å². The van der Waals surface area contributed by atoms with E-state index >= 15 is 0 Å². The molecule has 2 fully saturated rings. The maximum absolute atomic E-state index is 13.4. The van der Waals surface area contributed by atoms with Gasteiger partial charge in [0.15, 0.2) is 0 Å². The number of benzene rings is 2. The monoisotopic (exact) mass is 742 g/mol. The van der Waals surface area contributed by atoms with Gasteiger partial charge < -0.3 is 25.3 Å². The molecule has 2 saturated carbocycles. The van der Waals surface area contributed by atoms with Crippen LogP contribution in [-0.4, -0.2) is 77.2 Å². The largest absolute Gasteiger partial charge is 0.333 e. The van der Waals surface area contributed by atoms with Crippen LogP contribution in [0.25, 0.3) is 0 Å². The van der Waals surface area contributed by atoms with E-state index in [1.165, 1.54) is 38.5 Å². The lowest BCUT2D eigenvalue weighted by molar-refractivity contribution is -0.122. The van der Waals surface area contributed by atoms with Crippen molar-refractivity contribution in [3.63, 3.8) is 0 Å².